The van der Waals surface area contributed by atoms with Crippen molar-refractivity contribution in [2.45, 2.75) is 45.6 Å². The summed E-state index contributed by atoms with van der Waals surface area (Å²) in [5, 5.41) is 3.72. The van der Waals surface area contributed by atoms with E-state index in [1.807, 2.05) is 0 Å². The van der Waals surface area contributed by atoms with Crippen LogP contribution in [0.3, 0.4) is 0 Å². The molecule has 1 aromatic carbocycles. The summed E-state index contributed by atoms with van der Waals surface area (Å²) in [6.07, 6.45) is 0. The number of nitrogens with zero attached hydrogens (tertiary/aromatic N) is 1. The molecule has 0 bridgehead atoms. The molecule has 0 unspecified atom stereocenters. The van der Waals surface area contributed by atoms with E-state index in [1.165, 1.54) is 11.1 Å². The number of benzene rings is 1. The normalized spacial score (nSPS) is 13.4. The molecular weight excluding hydrogens is 385 g/mol. The van der Waals surface area contributed by atoms with Gasteiger partial charge in [-0.3, -0.25) is 4.99 Å². The molecule has 1 heterocycles. The van der Waals surface area contributed by atoms with Crippen LogP contribution in [0.2, 0.25) is 0 Å². The van der Waals surface area contributed by atoms with Crippen LogP contribution in [0.4, 0.5) is 0 Å². The molecule has 0 saturated carbocycles. The molecule has 0 fully saturated rings. The fraction of sp³-hybridized carbons (Fsp3) is 0.500. The maximum atomic E-state index is 4.93. The number of rotatable bonds is 3. The molecule has 2 nitrogen and oxygen atoms in total. The number of amidine groups is 1. The molecule has 0 aliphatic carbocycles. The van der Waals surface area contributed by atoms with E-state index in [4.69, 9.17) is 30.1 Å². The van der Waals surface area contributed by atoms with E-state index in [0.29, 0.717) is 0 Å². The Morgan fingerprint density at radius 2 is 1.62 bits per heavy atom. The van der Waals surface area contributed by atoms with E-state index < -0.39 is 19.5 Å². The molecule has 0 aromatic heterocycles. The van der Waals surface area contributed by atoms with Gasteiger partial charge in [-0.15, -0.1) is 0 Å². The van der Waals surface area contributed by atoms with E-state index >= 15 is 0 Å². The molecule has 7 heteroatoms. The Labute approximate surface area is 146 Å². The van der Waals surface area contributed by atoms with Crippen LogP contribution in [0.25, 0.3) is 0 Å². The number of hydrogen-bond donors (Lipinski definition) is 1. The van der Waals surface area contributed by atoms with Crippen molar-refractivity contribution in [2.24, 2.45) is 4.99 Å². The molecule has 1 aliphatic rings. The van der Waals surface area contributed by atoms with Gasteiger partial charge in [0.15, 0.2) is 5.84 Å². The van der Waals surface area contributed by atoms with Gasteiger partial charge in [0.05, 0.1) is 25.9 Å². The third-order valence-electron chi connectivity index (χ3n) is 3.19. The van der Waals surface area contributed by atoms with Gasteiger partial charge in [-0.2, -0.15) is 0 Å². The first-order chi connectivity index (χ1) is 9.82. The first-order valence-electron chi connectivity index (χ1n) is 6.82. The fourth-order valence-corrected chi connectivity index (χ4v) is 4.74. The Morgan fingerprint density at radius 3 is 2.14 bits per heavy atom. The summed E-state index contributed by atoms with van der Waals surface area (Å²) in [7, 11) is 14.2. The molecule has 21 heavy (non-hydrogen) atoms. The second-order valence-corrected chi connectivity index (χ2v) is 15.2. The topological polar surface area (TPSA) is 24.4 Å². The molecule has 0 amide bonds. The Morgan fingerprint density at radius 1 is 1.10 bits per heavy atom. The SMILES string of the molecule is CC(C)[PH+](NC1=NCc2ccccc21)C(C)C.[Cl][Cr]([Cl])[Cl]. The summed E-state index contributed by atoms with van der Waals surface area (Å²) in [6, 6.07) is 8.53. The van der Waals surface area contributed by atoms with Crippen molar-refractivity contribution in [3.8, 4) is 0 Å². The number of fused-ring (bicyclic) bond motifs is 1. The molecule has 0 radical (unpaired) electrons. The molecule has 1 N–H and O–H groups in total. The molecule has 0 saturated heterocycles. The van der Waals surface area contributed by atoms with Crippen molar-refractivity contribution in [1.82, 2.24) is 5.09 Å². The number of hydrogen-bond acceptors (Lipinski definition) is 2. The van der Waals surface area contributed by atoms with Crippen molar-refractivity contribution in [2.75, 3.05) is 0 Å². The van der Waals surface area contributed by atoms with Crippen LogP contribution in [-0.2, 0) is 17.9 Å². The van der Waals surface area contributed by atoms with Gasteiger partial charge in [0.1, 0.15) is 0 Å². The quantitative estimate of drug-likeness (QED) is 0.653. The molecule has 2 rings (SSSR count). The van der Waals surface area contributed by atoms with Crippen molar-refractivity contribution < 1.29 is 11.4 Å². The first kappa shape index (κ1) is 19.6. The van der Waals surface area contributed by atoms with Crippen LogP contribution in [0, 0.1) is 0 Å². The van der Waals surface area contributed by atoms with Gasteiger partial charge in [0.2, 0.25) is 0 Å². The summed E-state index contributed by atoms with van der Waals surface area (Å²) in [5.41, 5.74) is 4.09. The predicted octanol–water partition coefficient (Wildman–Crippen LogP) is 5.55. The first-order valence-corrected chi connectivity index (χ1v) is 13.7. The van der Waals surface area contributed by atoms with Crippen LogP contribution >= 0.6 is 38.2 Å². The van der Waals surface area contributed by atoms with Crippen molar-refractivity contribution >= 4 is 44.1 Å². The summed E-state index contributed by atoms with van der Waals surface area (Å²) in [6.45, 7) is 10.1. The molecule has 1 aliphatic heterocycles. The Bertz CT molecular complexity index is 470. The van der Waals surface area contributed by atoms with Gasteiger partial charge >= 0.3 is 41.5 Å². The second kappa shape index (κ2) is 9.61. The van der Waals surface area contributed by atoms with E-state index in [1.54, 1.807) is 0 Å². The number of aliphatic imine (C=N–C) groups is 1. The van der Waals surface area contributed by atoms with E-state index in [2.05, 4.69) is 62.0 Å². The average Bonchev–Trinajstić information content (AvgIpc) is 2.77. The van der Waals surface area contributed by atoms with Gasteiger partial charge < -0.3 is 0 Å². The Hall–Kier alpha value is 0.522. The molecule has 1 aromatic rings. The number of halogens is 3. The van der Waals surface area contributed by atoms with E-state index in [9.17, 15) is 0 Å². The van der Waals surface area contributed by atoms with Gasteiger partial charge in [-0.25, -0.2) is 5.09 Å². The van der Waals surface area contributed by atoms with Crippen molar-refractivity contribution in [3.63, 3.8) is 0 Å². The average molecular weight is 408 g/mol. The minimum absolute atomic E-state index is 0.584. The molecule has 0 atom stereocenters. The van der Waals surface area contributed by atoms with Gasteiger partial charge in [0, 0.05) is 5.56 Å². The van der Waals surface area contributed by atoms with Gasteiger partial charge in [-0.05, 0) is 33.3 Å². The predicted molar refractivity (Wildman–Crippen MR) is 96.0 cm³/mol. The summed E-state index contributed by atoms with van der Waals surface area (Å²) in [5.74, 6) is 1.12. The van der Waals surface area contributed by atoms with Gasteiger partial charge in [0.25, 0.3) is 0 Å². The fourth-order valence-electron chi connectivity index (χ4n) is 2.34. The molecule has 0 spiro atoms. The zero-order valence-electron chi connectivity index (χ0n) is 12.7. The Kier molecular flexibility index (Phi) is 8.96. The number of nitrogens with one attached hydrogen (secondary N) is 1. The van der Waals surface area contributed by atoms with Crippen LogP contribution in [0.1, 0.15) is 38.8 Å². The zero-order chi connectivity index (χ0) is 16.0. The van der Waals surface area contributed by atoms with Crippen LogP contribution in [0.5, 0.6) is 0 Å². The van der Waals surface area contributed by atoms with Crippen LogP contribution in [0.15, 0.2) is 29.3 Å². The third-order valence-corrected chi connectivity index (χ3v) is 6.20. The molecule has 119 valence electrons. The van der Waals surface area contributed by atoms with Crippen molar-refractivity contribution in [3.05, 3.63) is 35.4 Å². The van der Waals surface area contributed by atoms with Crippen LogP contribution < -0.4 is 5.09 Å². The second-order valence-electron chi connectivity index (χ2n) is 5.39. The zero-order valence-corrected chi connectivity index (χ0v) is 17.2. The monoisotopic (exact) mass is 406 g/mol. The van der Waals surface area contributed by atoms with E-state index in [-0.39, 0.29) is 0 Å². The van der Waals surface area contributed by atoms with Gasteiger partial charge in [-0.1, -0.05) is 24.3 Å². The molecular formula is C14H22Cl3CrN2P+. The third kappa shape index (κ3) is 6.66. The standard InChI is InChI=1S/C14H21N2P.3ClH.Cr/c1-10(2)17(11(3)4)16-14-13-8-6-5-7-12(13)9-15-14;;;;/h5-8,10-11H,9H2,1-4H3,(H,15,16);3*1H;/q;;;;+3/p-2. The van der Waals surface area contributed by atoms with Crippen LogP contribution in [-0.4, -0.2) is 17.2 Å². The van der Waals surface area contributed by atoms with Crippen molar-refractivity contribution in [1.29, 1.82) is 0 Å². The summed E-state index contributed by atoms with van der Waals surface area (Å²) in [4.78, 5) is 4.64. The minimum atomic E-state index is -1.62. The summed E-state index contributed by atoms with van der Waals surface area (Å²) < 4.78 is 0. The Balaban J connectivity index is 0.000000491. The summed E-state index contributed by atoms with van der Waals surface area (Å²) >= 11 is -1.62. The maximum absolute atomic E-state index is 4.93. The van der Waals surface area contributed by atoms with E-state index in [0.717, 1.165) is 23.7 Å².